The standard InChI is InChI=1S/C15H16FN3O2/c1-9-13(15(21-3)18(2)17-9)14(20)19-7-6-10-4-5-11(16)8-12(10)19/h4-5,8H,6-7H2,1-3H3. The molecule has 1 aromatic carbocycles. The van der Waals surface area contributed by atoms with Crippen LogP contribution in [0.25, 0.3) is 0 Å². The second-order valence-electron chi connectivity index (χ2n) is 5.07. The summed E-state index contributed by atoms with van der Waals surface area (Å²) >= 11 is 0. The lowest BCUT2D eigenvalue weighted by atomic mass is 10.1. The molecule has 0 radical (unpaired) electrons. The van der Waals surface area contributed by atoms with Crippen molar-refractivity contribution in [3.63, 3.8) is 0 Å². The Morgan fingerprint density at radius 2 is 2.19 bits per heavy atom. The molecule has 0 saturated heterocycles. The Morgan fingerprint density at radius 1 is 1.43 bits per heavy atom. The molecule has 1 aliphatic rings. The Bertz CT molecular complexity index is 724. The van der Waals surface area contributed by atoms with Crippen LogP contribution in [0.4, 0.5) is 10.1 Å². The molecular weight excluding hydrogens is 273 g/mol. The third-order valence-corrected chi connectivity index (χ3v) is 3.76. The second kappa shape index (κ2) is 4.87. The minimum atomic E-state index is -0.344. The average Bonchev–Trinajstić information content (AvgIpc) is 2.98. The summed E-state index contributed by atoms with van der Waals surface area (Å²) in [6.45, 7) is 2.30. The largest absolute Gasteiger partial charge is 0.481 e. The number of benzene rings is 1. The lowest BCUT2D eigenvalue weighted by Crippen LogP contribution is -2.29. The van der Waals surface area contributed by atoms with Crippen molar-refractivity contribution in [2.24, 2.45) is 7.05 Å². The molecule has 0 saturated carbocycles. The van der Waals surface area contributed by atoms with Crippen LogP contribution < -0.4 is 9.64 Å². The van der Waals surface area contributed by atoms with Gasteiger partial charge in [0.1, 0.15) is 11.4 Å². The Labute approximate surface area is 121 Å². The summed E-state index contributed by atoms with van der Waals surface area (Å²) in [7, 11) is 3.23. The van der Waals surface area contributed by atoms with Gasteiger partial charge in [-0.2, -0.15) is 5.10 Å². The zero-order valence-corrected chi connectivity index (χ0v) is 12.2. The van der Waals surface area contributed by atoms with Crippen LogP contribution in [-0.2, 0) is 13.5 Å². The number of carbonyl (C=O) groups excluding carboxylic acids is 1. The number of aryl methyl sites for hydroxylation is 2. The first-order valence-corrected chi connectivity index (χ1v) is 6.70. The predicted molar refractivity (Wildman–Crippen MR) is 76.3 cm³/mol. The van der Waals surface area contributed by atoms with Crippen LogP contribution in [0, 0.1) is 12.7 Å². The molecule has 0 spiro atoms. The van der Waals surface area contributed by atoms with Crippen molar-refractivity contribution >= 4 is 11.6 Å². The highest BCUT2D eigenvalue weighted by Crippen LogP contribution is 2.32. The molecule has 6 heteroatoms. The lowest BCUT2D eigenvalue weighted by Gasteiger charge is -2.17. The van der Waals surface area contributed by atoms with Crippen molar-refractivity contribution in [3.05, 3.63) is 40.8 Å². The van der Waals surface area contributed by atoms with E-state index in [1.165, 1.54) is 23.9 Å². The first kappa shape index (κ1) is 13.6. The number of halogens is 1. The van der Waals surface area contributed by atoms with Crippen LogP contribution in [0.2, 0.25) is 0 Å². The highest BCUT2D eigenvalue weighted by molar-refractivity contribution is 6.09. The molecule has 1 aromatic heterocycles. The number of nitrogens with zero attached hydrogens (tertiary/aromatic N) is 3. The molecule has 2 heterocycles. The lowest BCUT2D eigenvalue weighted by molar-refractivity contribution is 0.0985. The van der Waals surface area contributed by atoms with Crippen molar-refractivity contribution in [2.45, 2.75) is 13.3 Å². The van der Waals surface area contributed by atoms with Gasteiger partial charge in [-0.25, -0.2) is 9.07 Å². The van der Waals surface area contributed by atoms with Crippen molar-refractivity contribution in [1.29, 1.82) is 0 Å². The highest BCUT2D eigenvalue weighted by atomic mass is 19.1. The molecule has 0 bridgehead atoms. The van der Waals surface area contributed by atoms with Crippen LogP contribution >= 0.6 is 0 Å². The first-order chi connectivity index (χ1) is 10.0. The van der Waals surface area contributed by atoms with E-state index in [-0.39, 0.29) is 11.7 Å². The van der Waals surface area contributed by atoms with Gasteiger partial charge < -0.3 is 9.64 Å². The fourth-order valence-electron chi connectivity index (χ4n) is 2.82. The molecule has 3 rings (SSSR count). The van der Waals surface area contributed by atoms with Gasteiger partial charge in [0, 0.05) is 13.6 Å². The average molecular weight is 289 g/mol. The molecule has 0 aliphatic carbocycles. The number of hydrogen-bond acceptors (Lipinski definition) is 3. The Morgan fingerprint density at radius 3 is 2.90 bits per heavy atom. The fraction of sp³-hybridized carbons (Fsp3) is 0.333. The summed E-state index contributed by atoms with van der Waals surface area (Å²) in [5.74, 6) is -0.132. The van der Waals surface area contributed by atoms with Crippen molar-refractivity contribution in [1.82, 2.24) is 9.78 Å². The molecule has 5 nitrogen and oxygen atoms in total. The number of methoxy groups -OCH3 is 1. The summed E-state index contributed by atoms with van der Waals surface area (Å²) < 4.78 is 20.3. The zero-order valence-electron chi connectivity index (χ0n) is 12.2. The maximum Gasteiger partial charge on any atom is 0.265 e. The third kappa shape index (κ3) is 2.07. The normalized spacial score (nSPS) is 13.4. The van der Waals surface area contributed by atoms with E-state index in [0.29, 0.717) is 29.4 Å². The van der Waals surface area contributed by atoms with Gasteiger partial charge in [0.15, 0.2) is 0 Å². The van der Waals surface area contributed by atoms with E-state index < -0.39 is 0 Å². The SMILES string of the molecule is COc1c(C(=O)N2CCc3ccc(F)cc32)c(C)nn1C. The number of aromatic nitrogens is 2. The first-order valence-electron chi connectivity index (χ1n) is 6.70. The van der Waals surface area contributed by atoms with Gasteiger partial charge >= 0.3 is 0 Å². The number of ether oxygens (including phenoxy) is 1. The summed E-state index contributed by atoms with van der Waals surface area (Å²) in [4.78, 5) is 14.4. The number of fused-ring (bicyclic) bond motifs is 1. The summed E-state index contributed by atoms with van der Waals surface area (Å²) in [6.07, 6.45) is 0.725. The maximum absolute atomic E-state index is 13.5. The van der Waals surface area contributed by atoms with Crippen molar-refractivity contribution < 1.29 is 13.9 Å². The molecule has 0 atom stereocenters. The molecule has 1 aliphatic heterocycles. The summed E-state index contributed by atoms with van der Waals surface area (Å²) in [5, 5.41) is 4.22. The number of hydrogen-bond donors (Lipinski definition) is 0. The molecule has 1 amide bonds. The number of amides is 1. The van der Waals surface area contributed by atoms with Gasteiger partial charge in [-0.15, -0.1) is 0 Å². The second-order valence-corrected chi connectivity index (χ2v) is 5.07. The van der Waals surface area contributed by atoms with E-state index in [2.05, 4.69) is 5.10 Å². The smallest absolute Gasteiger partial charge is 0.265 e. The Hall–Kier alpha value is -2.37. The van der Waals surface area contributed by atoms with Crippen LogP contribution in [0.3, 0.4) is 0 Å². The third-order valence-electron chi connectivity index (χ3n) is 3.76. The van der Waals surface area contributed by atoms with Gasteiger partial charge in [0.2, 0.25) is 5.88 Å². The van der Waals surface area contributed by atoms with Crippen LogP contribution in [0.5, 0.6) is 5.88 Å². The van der Waals surface area contributed by atoms with Crippen LogP contribution in [0.1, 0.15) is 21.6 Å². The summed E-state index contributed by atoms with van der Waals surface area (Å²) in [6, 6.07) is 4.55. The van der Waals surface area contributed by atoms with Gasteiger partial charge in [-0.3, -0.25) is 4.79 Å². The van der Waals surface area contributed by atoms with Crippen molar-refractivity contribution in [2.75, 3.05) is 18.6 Å². The maximum atomic E-state index is 13.5. The van der Waals surface area contributed by atoms with Gasteiger partial charge in [0.05, 0.1) is 18.5 Å². The van der Waals surface area contributed by atoms with E-state index in [1.54, 1.807) is 24.9 Å². The van der Waals surface area contributed by atoms with E-state index in [0.717, 1.165) is 12.0 Å². The molecule has 0 unspecified atom stereocenters. The molecule has 0 fully saturated rings. The minimum absolute atomic E-state index is 0.207. The van der Waals surface area contributed by atoms with E-state index in [4.69, 9.17) is 4.74 Å². The highest BCUT2D eigenvalue weighted by Gasteiger charge is 2.31. The van der Waals surface area contributed by atoms with E-state index >= 15 is 0 Å². The summed E-state index contributed by atoms with van der Waals surface area (Å²) in [5.41, 5.74) is 2.64. The Balaban J connectivity index is 2.04. The number of anilines is 1. The predicted octanol–water partition coefficient (Wildman–Crippen LogP) is 2.08. The van der Waals surface area contributed by atoms with E-state index in [1.807, 2.05) is 0 Å². The zero-order chi connectivity index (χ0) is 15.1. The van der Waals surface area contributed by atoms with Gasteiger partial charge in [0.25, 0.3) is 5.91 Å². The van der Waals surface area contributed by atoms with Gasteiger partial charge in [-0.05, 0) is 31.0 Å². The Kier molecular flexibility index (Phi) is 3.16. The number of carbonyl (C=O) groups is 1. The van der Waals surface area contributed by atoms with Crippen molar-refractivity contribution in [3.8, 4) is 5.88 Å². The topological polar surface area (TPSA) is 47.4 Å². The van der Waals surface area contributed by atoms with E-state index in [9.17, 15) is 9.18 Å². The fourth-order valence-corrected chi connectivity index (χ4v) is 2.82. The molecule has 0 N–H and O–H groups in total. The van der Waals surface area contributed by atoms with Crippen LogP contribution in [0.15, 0.2) is 18.2 Å². The minimum Gasteiger partial charge on any atom is -0.481 e. The molecule has 2 aromatic rings. The number of rotatable bonds is 2. The molecule has 110 valence electrons. The van der Waals surface area contributed by atoms with Crippen LogP contribution in [-0.4, -0.2) is 29.3 Å². The molecule has 21 heavy (non-hydrogen) atoms. The van der Waals surface area contributed by atoms with Gasteiger partial charge in [-0.1, -0.05) is 6.07 Å². The monoisotopic (exact) mass is 289 g/mol. The quantitative estimate of drug-likeness (QED) is 0.850. The molecular formula is C15H16FN3O2.